The Bertz CT molecular complexity index is 270. The third kappa shape index (κ3) is 6.68. The van der Waals surface area contributed by atoms with Gasteiger partial charge in [0.05, 0.1) is 11.0 Å². The first-order valence-corrected chi connectivity index (χ1v) is 7.15. The molecule has 4 heteroatoms. The van der Waals surface area contributed by atoms with Crippen LogP contribution < -0.4 is 5.32 Å². The highest BCUT2D eigenvalue weighted by Crippen LogP contribution is 2.07. The zero-order valence-electron chi connectivity index (χ0n) is 9.99. The Hall–Kier alpha value is -0.350. The van der Waals surface area contributed by atoms with Gasteiger partial charge in [-0.1, -0.05) is 19.9 Å². The predicted octanol–water partition coefficient (Wildman–Crippen LogP) is 1.61. The first-order valence-electron chi connectivity index (χ1n) is 5.43. The van der Waals surface area contributed by atoms with Crippen LogP contribution in [0.4, 0.5) is 0 Å². The van der Waals surface area contributed by atoms with E-state index in [0.717, 1.165) is 6.42 Å². The van der Waals surface area contributed by atoms with Gasteiger partial charge >= 0.3 is 0 Å². The molecule has 1 unspecified atom stereocenters. The molecular formula is C11H23NO2S. The topological polar surface area (TPSA) is 46.2 Å². The third-order valence-corrected chi connectivity index (χ3v) is 4.51. The lowest BCUT2D eigenvalue weighted by molar-refractivity contribution is 0.558. The molecule has 0 aliphatic heterocycles. The van der Waals surface area contributed by atoms with E-state index in [-0.39, 0.29) is 5.25 Å². The fourth-order valence-corrected chi connectivity index (χ4v) is 2.69. The molecule has 0 aromatic heterocycles. The average Bonchev–Trinajstić information content (AvgIpc) is 2.15. The van der Waals surface area contributed by atoms with Gasteiger partial charge in [-0.3, -0.25) is 0 Å². The van der Waals surface area contributed by atoms with Crippen LogP contribution in [0.25, 0.3) is 0 Å². The normalized spacial score (nSPS) is 14.1. The molecule has 0 aliphatic rings. The molecule has 0 amide bonds. The lowest BCUT2D eigenvalue weighted by atomic mass is 10.2. The van der Waals surface area contributed by atoms with E-state index in [4.69, 9.17) is 0 Å². The summed E-state index contributed by atoms with van der Waals surface area (Å²) < 4.78 is 23.5. The van der Waals surface area contributed by atoms with Crippen molar-refractivity contribution in [2.75, 3.05) is 18.8 Å². The minimum absolute atomic E-state index is 0.293. The van der Waals surface area contributed by atoms with Crippen molar-refractivity contribution in [1.29, 1.82) is 0 Å². The smallest absolute Gasteiger partial charge is 0.154 e. The summed E-state index contributed by atoms with van der Waals surface area (Å²) >= 11 is 0. The van der Waals surface area contributed by atoms with Crippen LogP contribution >= 0.6 is 0 Å². The largest absolute Gasteiger partial charge is 0.312 e. The molecule has 0 fully saturated rings. The second kappa shape index (κ2) is 7.01. The van der Waals surface area contributed by atoms with E-state index in [9.17, 15) is 8.42 Å². The van der Waals surface area contributed by atoms with E-state index in [1.54, 1.807) is 13.0 Å². The van der Waals surface area contributed by atoms with Crippen LogP contribution in [0.2, 0.25) is 0 Å². The maximum Gasteiger partial charge on any atom is 0.154 e. The van der Waals surface area contributed by atoms with Gasteiger partial charge in [0.25, 0.3) is 0 Å². The second-order valence-electron chi connectivity index (χ2n) is 4.31. The summed E-state index contributed by atoms with van der Waals surface area (Å²) in [5.74, 6) is 0.731. The lowest BCUT2D eigenvalue weighted by Crippen LogP contribution is -2.33. The molecule has 3 nitrogen and oxygen atoms in total. The minimum Gasteiger partial charge on any atom is -0.312 e. The Morgan fingerprint density at radius 1 is 1.33 bits per heavy atom. The molecule has 0 aliphatic carbocycles. The van der Waals surface area contributed by atoms with Crippen molar-refractivity contribution in [2.45, 2.75) is 32.4 Å². The average molecular weight is 233 g/mol. The van der Waals surface area contributed by atoms with Gasteiger partial charge in [0.15, 0.2) is 9.84 Å². The Morgan fingerprint density at radius 2 is 1.93 bits per heavy atom. The molecule has 1 atom stereocenters. The molecule has 90 valence electrons. The Balaban J connectivity index is 4.02. The monoisotopic (exact) mass is 233 g/mol. The van der Waals surface area contributed by atoms with Gasteiger partial charge in [-0.2, -0.15) is 0 Å². The molecule has 0 rings (SSSR count). The van der Waals surface area contributed by atoms with Crippen molar-refractivity contribution in [3.63, 3.8) is 0 Å². The summed E-state index contributed by atoms with van der Waals surface area (Å²) in [5, 5.41) is 2.72. The van der Waals surface area contributed by atoms with E-state index in [1.807, 2.05) is 13.8 Å². The molecule has 0 bridgehead atoms. The molecule has 0 saturated heterocycles. The molecule has 15 heavy (non-hydrogen) atoms. The Morgan fingerprint density at radius 3 is 2.40 bits per heavy atom. The van der Waals surface area contributed by atoms with Crippen LogP contribution in [0, 0.1) is 5.92 Å². The van der Waals surface area contributed by atoms with Gasteiger partial charge < -0.3 is 5.32 Å². The van der Waals surface area contributed by atoms with Crippen LogP contribution in [0.15, 0.2) is 12.7 Å². The first-order chi connectivity index (χ1) is 6.90. The van der Waals surface area contributed by atoms with E-state index in [2.05, 4.69) is 11.9 Å². The van der Waals surface area contributed by atoms with Crippen molar-refractivity contribution in [1.82, 2.24) is 5.32 Å². The van der Waals surface area contributed by atoms with Crippen molar-refractivity contribution in [2.24, 2.45) is 5.92 Å². The van der Waals surface area contributed by atoms with E-state index < -0.39 is 9.84 Å². The highest BCUT2D eigenvalue weighted by atomic mass is 32.2. The predicted molar refractivity (Wildman–Crippen MR) is 65.8 cm³/mol. The second-order valence-corrected chi connectivity index (χ2v) is 6.85. The van der Waals surface area contributed by atoms with Crippen LogP contribution in [0.1, 0.15) is 27.2 Å². The highest BCUT2D eigenvalue weighted by molar-refractivity contribution is 7.92. The molecule has 0 aromatic carbocycles. The summed E-state index contributed by atoms with van der Waals surface area (Å²) in [6.07, 6.45) is 2.47. The maximum absolute atomic E-state index is 11.8. The molecule has 0 radical (unpaired) electrons. The zero-order chi connectivity index (χ0) is 11.9. The SMILES string of the molecule is C=CCNCC(C)S(=O)(=O)CCC(C)C. The van der Waals surface area contributed by atoms with E-state index in [0.29, 0.717) is 24.8 Å². The number of sulfone groups is 1. The van der Waals surface area contributed by atoms with Crippen LogP contribution in [0.3, 0.4) is 0 Å². The fourth-order valence-electron chi connectivity index (χ4n) is 1.12. The maximum atomic E-state index is 11.8. The third-order valence-electron chi connectivity index (χ3n) is 2.31. The quantitative estimate of drug-likeness (QED) is 0.512. The summed E-state index contributed by atoms with van der Waals surface area (Å²) in [4.78, 5) is 0. The number of hydrogen-bond acceptors (Lipinski definition) is 3. The molecular weight excluding hydrogens is 210 g/mol. The first kappa shape index (κ1) is 14.6. The molecule has 0 saturated carbocycles. The summed E-state index contributed by atoms with van der Waals surface area (Å²) in [6, 6.07) is 0. The summed E-state index contributed by atoms with van der Waals surface area (Å²) in [5.41, 5.74) is 0. The highest BCUT2D eigenvalue weighted by Gasteiger charge is 2.20. The van der Waals surface area contributed by atoms with Gasteiger partial charge in [-0.25, -0.2) is 8.42 Å². The Kier molecular flexibility index (Phi) is 6.85. The standard InChI is InChI=1S/C11H23NO2S/c1-5-7-12-9-11(4)15(13,14)8-6-10(2)3/h5,10-12H,1,6-9H2,2-4H3. The molecule has 0 heterocycles. The minimum atomic E-state index is -2.93. The zero-order valence-corrected chi connectivity index (χ0v) is 10.8. The number of nitrogens with one attached hydrogen (secondary N) is 1. The van der Waals surface area contributed by atoms with Crippen molar-refractivity contribution in [3.8, 4) is 0 Å². The molecule has 0 spiro atoms. The van der Waals surface area contributed by atoms with E-state index >= 15 is 0 Å². The van der Waals surface area contributed by atoms with Gasteiger partial charge in [-0.15, -0.1) is 6.58 Å². The molecule has 1 N–H and O–H groups in total. The Labute approximate surface area is 93.9 Å². The van der Waals surface area contributed by atoms with Crippen LogP contribution in [-0.2, 0) is 9.84 Å². The van der Waals surface area contributed by atoms with Gasteiger partial charge in [-0.05, 0) is 19.3 Å². The van der Waals surface area contributed by atoms with E-state index in [1.165, 1.54) is 0 Å². The lowest BCUT2D eigenvalue weighted by Gasteiger charge is -2.14. The van der Waals surface area contributed by atoms with Gasteiger partial charge in [0.1, 0.15) is 0 Å². The fraction of sp³-hybridized carbons (Fsp3) is 0.818. The van der Waals surface area contributed by atoms with Crippen LogP contribution in [-0.4, -0.2) is 32.5 Å². The summed E-state index contributed by atoms with van der Waals surface area (Å²) in [6.45, 7) is 10.6. The molecule has 0 aromatic rings. The number of hydrogen-bond donors (Lipinski definition) is 1. The van der Waals surface area contributed by atoms with Crippen LogP contribution in [0.5, 0.6) is 0 Å². The number of rotatable bonds is 8. The van der Waals surface area contributed by atoms with Crippen molar-refractivity contribution < 1.29 is 8.42 Å². The van der Waals surface area contributed by atoms with Gasteiger partial charge in [0.2, 0.25) is 0 Å². The van der Waals surface area contributed by atoms with Crippen molar-refractivity contribution in [3.05, 3.63) is 12.7 Å². The van der Waals surface area contributed by atoms with Gasteiger partial charge in [0, 0.05) is 13.1 Å². The van der Waals surface area contributed by atoms with Crippen molar-refractivity contribution >= 4 is 9.84 Å². The summed E-state index contributed by atoms with van der Waals surface area (Å²) in [7, 11) is -2.93.